The number of H-pyrrole nitrogens is 1. The van der Waals surface area contributed by atoms with Crippen molar-refractivity contribution >= 4 is 27.3 Å². The molecule has 102 valence electrons. The minimum absolute atomic E-state index is 0.172. The molecule has 0 spiro atoms. The predicted molar refractivity (Wildman–Crippen MR) is 71.5 cm³/mol. The smallest absolute Gasteiger partial charge is 0.279 e. The minimum Gasteiger partial charge on any atom is -0.392 e. The number of hydrogen-bond donors (Lipinski definition) is 3. The second kappa shape index (κ2) is 5.20. The van der Waals surface area contributed by atoms with Crippen LogP contribution in [0.4, 0.5) is 5.69 Å². The van der Waals surface area contributed by atoms with Crippen molar-refractivity contribution in [1.29, 1.82) is 0 Å². The fraction of sp³-hybridized carbons (Fsp3) is 0.182. The van der Waals surface area contributed by atoms with Crippen molar-refractivity contribution in [2.24, 2.45) is 0 Å². The maximum atomic E-state index is 12.2. The molecule has 1 aromatic heterocycles. The Kier molecular flexibility index (Phi) is 3.79. The van der Waals surface area contributed by atoms with E-state index in [9.17, 15) is 8.42 Å². The Morgan fingerprint density at radius 2 is 2.21 bits per heavy atom. The van der Waals surface area contributed by atoms with Crippen LogP contribution in [0.1, 0.15) is 11.1 Å². The number of aromatic nitrogens is 2. The standard InChI is InChI=1S/C11H12ClN3O3S/c1-7-3-2-4-9(12)10(7)15-19(17,18)11-8(6-16)5-13-14-11/h2-5,15-16H,6H2,1H3,(H,13,14). The van der Waals surface area contributed by atoms with Crippen LogP contribution in [0.3, 0.4) is 0 Å². The zero-order valence-corrected chi connectivity index (χ0v) is 11.6. The summed E-state index contributed by atoms with van der Waals surface area (Å²) >= 11 is 5.97. The fourth-order valence-electron chi connectivity index (χ4n) is 1.59. The van der Waals surface area contributed by atoms with Gasteiger partial charge >= 0.3 is 0 Å². The number of aryl methyl sites for hydroxylation is 1. The van der Waals surface area contributed by atoms with Crippen molar-refractivity contribution in [3.63, 3.8) is 0 Å². The van der Waals surface area contributed by atoms with E-state index in [0.29, 0.717) is 16.3 Å². The van der Waals surface area contributed by atoms with Crippen LogP contribution in [-0.4, -0.2) is 23.7 Å². The highest BCUT2D eigenvalue weighted by atomic mass is 35.5. The number of hydrogen-bond acceptors (Lipinski definition) is 4. The lowest BCUT2D eigenvalue weighted by atomic mass is 10.2. The van der Waals surface area contributed by atoms with Gasteiger partial charge in [-0.2, -0.15) is 13.5 Å². The third-order valence-electron chi connectivity index (χ3n) is 2.58. The Morgan fingerprint density at radius 3 is 2.84 bits per heavy atom. The monoisotopic (exact) mass is 301 g/mol. The highest BCUT2D eigenvalue weighted by molar-refractivity contribution is 7.92. The van der Waals surface area contributed by atoms with E-state index < -0.39 is 16.6 Å². The summed E-state index contributed by atoms with van der Waals surface area (Å²) in [6.45, 7) is 1.32. The lowest BCUT2D eigenvalue weighted by Gasteiger charge is -2.11. The van der Waals surface area contributed by atoms with E-state index in [1.165, 1.54) is 6.20 Å². The van der Waals surface area contributed by atoms with Gasteiger partial charge in [0.15, 0.2) is 5.03 Å². The van der Waals surface area contributed by atoms with Gasteiger partial charge in [0.25, 0.3) is 10.0 Å². The van der Waals surface area contributed by atoms with Crippen LogP contribution in [0, 0.1) is 6.92 Å². The van der Waals surface area contributed by atoms with Crippen LogP contribution in [0.25, 0.3) is 0 Å². The molecule has 0 aliphatic rings. The van der Waals surface area contributed by atoms with Gasteiger partial charge in [0.1, 0.15) is 0 Å². The van der Waals surface area contributed by atoms with Crippen molar-refractivity contribution in [3.05, 3.63) is 40.5 Å². The van der Waals surface area contributed by atoms with E-state index in [4.69, 9.17) is 16.7 Å². The van der Waals surface area contributed by atoms with Gasteiger partial charge in [-0.25, -0.2) is 0 Å². The molecule has 8 heteroatoms. The Hall–Kier alpha value is -1.57. The molecular weight excluding hydrogens is 290 g/mol. The molecule has 0 saturated heterocycles. The van der Waals surface area contributed by atoms with Gasteiger partial charge in [-0.05, 0) is 18.6 Å². The quantitative estimate of drug-likeness (QED) is 0.800. The van der Waals surface area contributed by atoms with E-state index in [2.05, 4.69) is 14.9 Å². The number of aliphatic hydroxyl groups is 1. The summed E-state index contributed by atoms with van der Waals surface area (Å²) in [5, 5.41) is 15.2. The number of para-hydroxylation sites is 1. The summed E-state index contributed by atoms with van der Waals surface area (Å²) in [5.74, 6) is 0. The molecule has 0 amide bonds. The molecule has 1 heterocycles. The largest absolute Gasteiger partial charge is 0.392 e. The highest BCUT2D eigenvalue weighted by Crippen LogP contribution is 2.28. The van der Waals surface area contributed by atoms with Crippen molar-refractivity contribution in [1.82, 2.24) is 10.2 Å². The lowest BCUT2D eigenvalue weighted by molar-refractivity contribution is 0.278. The molecule has 0 radical (unpaired) electrons. The van der Waals surface area contributed by atoms with E-state index in [1.54, 1.807) is 25.1 Å². The highest BCUT2D eigenvalue weighted by Gasteiger charge is 2.22. The summed E-state index contributed by atoms with van der Waals surface area (Å²) in [6.07, 6.45) is 1.26. The van der Waals surface area contributed by atoms with E-state index in [-0.39, 0.29) is 10.6 Å². The molecule has 0 aliphatic carbocycles. The molecule has 0 unspecified atom stereocenters. The molecule has 3 N–H and O–H groups in total. The van der Waals surface area contributed by atoms with E-state index in [0.717, 1.165) is 0 Å². The van der Waals surface area contributed by atoms with Gasteiger partial charge in [0.05, 0.1) is 23.5 Å². The molecule has 0 fully saturated rings. The van der Waals surface area contributed by atoms with Crippen LogP contribution in [0.2, 0.25) is 5.02 Å². The normalized spacial score (nSPS) is 11.5. The first-order valence-electron chi connectivity index (χ1n) is 5.36. The van der Waals surface area contributed by atoms with Crippen LogP contribution in [0.15, 0.2) is 29.4 Å². The van der Waals surface area contributed by atoms with Crippen molar-refractivity contribution in [2.75, 3.05) is 4.72 Å². The maximum absolute atomic E-state index is 12.2. The Balaban J connectivity index is 2.43. The first-order valence-corrected chi connectivity index (χ1v) is 7.23. The van der Waals surface area contributed by atoms with Crippen LogP contribution in [-0.2, 0) is 16.6 Å². The number of nitrogens with zero attached hydrogens (tertiary/aromatic N) is 1. The third-order valence-corrected chi connectivity index (χ3v) is 4.25. The van der Waals surface area contributed by atoms with Crippen molar-refractivity contribution in [3.8, 4) is 0 Å². The lowest BCUT2D eigenvalue weighted by Crippen LogP contribution is -2.16. The zero-order valence-electron chi connectivity index (χ0n) is 10.0. The summed E-state index contributed by atoms with van der Waals surface area (Å²) in [5.41, 5.74) is 1.20. The number of rotatable bonds is 4. The summed E-state index contributed by atoms with van der Waals surface area (Å²) in [7, 11) is -3.87. The van der Waals surface area contributed by atoms with Gasteiger partial charge in [0.2, 0.25) is 0 Å². The van der Waals surface area contributed by atoms with Crippen LogP contribution < -0.4 is 4.72 Å². The maximum Gasteiger partial charge on any atom is 0.279 e. The fourth-order valence-corrected chi connectivity index (χ4v) is 3.19. The first-order chi connectivity index (χ1) is 8.95. The molecule has 6 nitrogen and oxygen atoms in total. The Bertz CT molecular complexity index is 677. The number of benzene rings is 1. The summed E-state index contributed by atoms with van der Waals surface area (Å²) in [6, 6.07) is 5.06. The molecule has 0 saturated carbocycles. The van der Waals surface area contributed by atoms with Crippen molar-refractivity contribution < 1.29 is 13.5 Å². The zero-order chi connectivity index (χ0) is 14.0. The molecule has 0 bridgehead atoms. The summed E-state index contributed by atoms with van der Waals surface area (Å²) in [4.78, 5) is 0. The van der Waals surface area contributed by atoms with Gasteiger partial charge in [0, 0.05) is 5.56 Å². The van der Waals surface area contributed by atoms with Gasteiger partial charge in [-0.1, -0.05) is 23.7 Å². The summed E-state index contributed by atoms with van der Waals surface area (Å²) < 4.78 is 26.8. The number of nitrogens with one attached hydrogen (secondary N) is 2. The van der Waals surface area contributed by atoms with Crippen LogP contribution >= 0.6 is 11.6 Å². The topological polar surface area (TPSA) is 95.1 Å². The second-order valence-corrected chi connectivity index (χ2v) is 5.95. The third kappa shape index (κ3) is 2.73. The van der Waals surface area contributed by atoms with Gasteiger partial charge in [-0.15, -0.1) is 0 Å². The van der Waals surface area contributed by atoms with Gasteiger partial charge < -0.3 is 5.11 Å². The number of anilines is 1. The molecule has 0 atom stereocenters. The molecule has 0 aliphatic heterocycles. The molecule has 1 aromatic carbocycles. The number of aliphatic hydroxyl groups excluding tert-OH is 1. The Labute approximate surface area is 115 Å². The first kappa shape index (κ1) is 13.9. The van der Waals surface area contributed by atoms with E-state index in [1.807, 2.05) is 0 Å². The number of halogens is 1. The Morgan fingerprint density at radius 1 is 1.47 bits per heavy atom. The number of aromatic amines is 1. The molecule has 2 aromatic rings. The predicted octanol–water partition coefficient (Wildman–Crippen LogP) is 1.66. The SMILES string of the molecule is Cc1cccc(Cl)c1NS(=O)(=O)c1[nH]ncc1CO. The molecule has 2 rings (SSSR count). The average Bonchev–Trinajstić information content (AvgIpc) is 2.83. The van der Waals surface area contributed by atoms with Crippen LogP contribution in [0.5, 0.6) is 0 Å². The van der Waals surface area contributed by atoms with Crippen molar-refractivity contribution in [2.45, 2.75) is 18.6 Å². The molecule has 19 heavy (non-hydrogen) atoms. The van der Waals surface area contributed by atoms with Gasteiger partial charge in [-0.3, -0.25) is 9.82 Å². The minimum atomic E-state index is -3.87. The van der Waals surface area contributed by atoms with E-state index >= 15 is 0 Å². The number of sulfonamides is 1. The second-order valence-electron chi connectivity index (χ2n) is 3.92. The molecular formula is C11H12ClN3O3S. The average molecular weight is 302 g/mol.